The number of aromatic hydroxyl groups is 1. The van der Waals surface area contributed by atoms with Crippen molar-refractivity contribution in [2.24, 2.45) is 0 Å². The molecule has 4 heterocycles. The zero-order valence-corrected chi connectivity index (χ0v) is 22.0. The molecule has 0 unspecified atom stereocenters. The number of piperidine rings is 1. The topological polar surface area (TPSA) is 78.7 Å². The Hall–Kier alpha value is -2.68. The van der Waals surface area contributed by atoms with E-state index in [1.165, 1.54) is 30.6 Å². The summed E-state index contributed by atoms with van der Waals surface area (Å²) in [5, 5.41) is 14.2. The number of aromatic nitrogens is 3. The van der Waals surface area contributed by atoms with Crippen molar-refractivity contribution in [3.05, 3.63) is 46.8 Å². The summed E-state index contributed by atoms with van der Waals surface area (Å²) < 4.78 is 7.65. The van der Waals surface area contributed by atoms with Crippen molar-refractivity contribution in [1.29, 1.82) is 0 Å². The van der Waals surface area contributed by atoms with Gasteiger partial charge in [0.05, 0.1) is 30.8 Å². The van der Waals surface area contributed by atoms with Gasteiger partial charge in [0.25, 0.3) is 0 Å². The van der Waals surface area contributed by atoms with Gasteiger partial charge in [-0.2, -0.15) is 0 Å². The predicted molar refractivity (Wildman–Crippen MR) is 144 cm³/mol. The van der Waals surface area contributed by atoms with Crippen molar-refractivity contribution in [3.63, 3.8) is 0 Å². The molecule has 3 aromatic rings. The number of fused-ring (bicyclic) bond motifs is 1. The van der Waals surface area contributed by atoms with Crippen molar-refractivity contribution in [1.82, 2.24) is 24.3 Å². The van der Waals surface area contributed by atoms with E-state index in [1.54, 1.807) is 6.07 Å². The number of hydrogen-bond acceptors (Lipinski definition) is 7. The van der Waals surface area contributed by atoms with E-state index >= 15 is 0 Å². The van der Waals surface area contributed by atoms with E-state index in [0.717, 1.165) is 74.9 Å². The lowest BCUT2D eigenvalue weighted by Crippen LogP contribution is -2.41. The number of benzene rings is 1. The molecule has 0 aliphatic carbocycles. The van der Waals surface area contributed by atoms with Crippen LogP contribution in [0.1, 0.15) is 41.8 Å². The lowest BCUT2D eigenvalue weighted by atomic mass is 10.1. The standard InChI is InChI=1S/C28H40N6O2/c1-20-17-21(2)27-25(18-20)34(19-24-26(35)6-5-22(3)29-24)28(31-27)30-23-7-11-32(12-8-23)9-4-10-33-13-15-36-16-14-33/h5-6,17-18,23,35H,4,7-16,19H2,1-3H3,(H,30,31). The summed E-state index contributed by atoms with van der Waals surface area (Å²) in [4.78, 5) is 14.8. The zero-order valence-electron chi connectivity index (χ0n) is 22.0. The summed E-state index contributed by atoms with van der Waals surface area (Å²) >= 11 is 0. The first-order valence-electron chi connectivity index (χ1n) is 13.4. The van der Waals surface area contributed by atoms with Gasteiger partial charge in [-0.15, -0.1) is 0 Å². The summed E-state index contributed by atoms with van der Waals surface area (Å²) in [6, 6.07) is 8.32. The number of anilines is 1. The fourth-order valence-corrected chi connectivity index (χ4v) is 5.53. The van der Waals surface area contributed by atoms with E-state index in [4.69, 9.17) is 9.72 Å². The number of nitrogens with zero attached hydrogens (tertiary/aromatic N) is 5. The Bertz CT molecular complexity index is 1180. The van der Waals surface area contributed by atoms with Gasteiger partial charge in [0, 0.05) is 37.9 Å². The maximum atomic E-state index is 10.5. The lowest BCUT2D eigenvalue weighted by molar-refractivity contribution is 0.0358. The highest BCUT2D eigenvalue weighted by atomic mass is 16.5. The van der Waals surface area contributed by atoms with Crippen LogP contribution in [0.5, 0.6) is 5.75 Å². The van der Waals surface area contributed by atoms with E-state index in [0.29, 0.717) is 18.3 Å². The first-order valence-corrected chi connectivity index (χ1v) is 13.4. The van der Waals surface area contributed by atoms with Gasteiger partial charge in [-0.1, -0.05) is 6.07 Å². The van der Waals surface area contributed by atoms with Crippen molar-refractivity contribution in [2.75, 3.05) is 57.8 Å². The van der Waals surface area contributed by atoms with Gasteiger partial charge in [0.1, 0.15) is 11.4 Å². The third-order valence-corrected chi connectivity index (χ3v) is 7.56. The average molecular weight is 493 g/mol. The summed E-state index contributed by atoms with van der Waals surface area (Å²) in [6.45, 7) is 15.1. The van der Waals surface area contributed by atoms with Crippen LogP contribution in [-0.2, 0) is 11.3 Å². The van der Waals surface area contributed by atoms with Gasteiger partial charge in [-0.3, -0.25) is 9.88 Å². The fraction of sp³-hybridized carbons (Fsp3) is 0.571. The van der Waals surface area contributed by atoms with Crippen molar-refractivity contribution >= 4 is 17.0 Å². The molecule has 2 aliphatic heterocycles. The van der Waals surface area contributed by atoms with E-state index < -0.39 is 0 Å². The number of nitrogens with one attached hydrogen (secondary N) is 1. The molecule has 1 aromatic carbocycles. The third kappa shape index (κ3) is 5.82. The molecule has 5 rings (SSSR count). The van der Waals surface area contributed by atoms with Gasteiger partial charge in [-0.25, -0.2) is 4.98 Å². The van der Waals surface area contributed by atoms with Crippen LogP contribution in [0.15, 0.2) is 24.3 Å². The van der Waals surface area contributed by atoms with E-state index in [1.807, 2.05) is 13.0 Å². The van der Waals surface area contributed by atoms with Crippen molar-refractivity contribution in [3.8, 4) is 5.75 Å². The van der Waals surface area contributed by atoms with Crippen LogP contribution in [0.25, 0.3) is 11.0 Å². The number of aryl methyl sites for hydroxylation is 3. The Balaban J connectivity index is 1.26. The monoisotopic (exact) mass is 492 g/mol. The highest BCUT2D eigenvalue weighted by molar-refractivity contribution is 5.83. The van der Waals surface area contributed by atoms with Gasteiger partial charge in [0.2, 0.25) is 5.95 Å². The Morgan fingerprint density at radius 3 is 2.44 bits per heavy atom. The molecule has 2 saturated heterocycles. The summed E-state index contributed by atoms with van der Waals surface area (Å²) in [5.74, 6) is 1.09. The molecular weight excluding hydrogens is 452 g/mol. The zero-order chi connectivity index (χ0) is 25.1. The summed E-state index contributed by atoms with van der Waals surface area (Å²) in [7, 11) is 0. The summed E-state index contributed by atoms with van der Waals surface area (Å²) in [5.41, 5.74) is 6.04. The molecule has 0 spiro atoms. The molecule has 2 aromatic heterocycles. The molecule has 2 N–H and O–H groups in total. The van der Waals surface area contributed by atoms with Crippen LogP contribution < -0.4 is 5.32 Å². The highest BCUT2D eigenvalue weighted by Crippen LogP contribution is 2.28. The van der Waals surface area contributed by atoms with Crippen molar-refractivity contribution < 1.29 is 9.84 Å². The third-order valence-electron chi connectivity index (χ3n) is 7.56. The van der Waals surface area contributed by atoms with Crippen LogP contribution in [-0.4, -0.2) is 88.0 Å². The molecule has 8 nitrogen and oxygen atoms in total. The van der Waals surface area contributed by atoms with Crippen LogP contribution >= 0.6 is 0 Å². The van der Waals surface area contributed by atoms with Gasteiger partial charge >= 0.3 is 0 Å². The molecular formula is C28H40N6O2. The summed E-state index contributed by atoms with van der Waals surface area (Å²) in [6.07, 6.45) is 3.43. The molecule has 0 radical (unpaired) electrons. The second kappa shape index (κ2) is 11.2. The maximum Gasteiger partial charge on any atom is 0.204 e. The van der Waals surface area contributed by atoms with E-state index in [-0.39, 0.29) is 5.75 Å². The normalized spacial score (nSPS) is 18.2. The van der Waals surface area contributed by atoms with Gasteiger partial charge < -0.3 is 24.6 Å². The molecule has 0 atom stereocenters. The number of imidazole rings is 1. The number of pyridine rings is 1. The molecule has 36 heavy (non-hydrogen) atoms. The van der Waals surface area contributed by atoms with Crippen LogP contribution in [0.4, 0.5) is 5.95 Å². The molecule has 0 amide bonds. The van der Waals surface area contributed by atoms with Gasteiger partial charge in [0.15, 0.2) is 0 Å². The van der Waals surface area contributed by atoms with Crippen LogP contribution in [0, 0.1) is 20.8 Å². The second-order valence-corrected chi connectivity index (χ2v) is 10.5. The van der Waals surface area contributed by atoms with E-state index in [2.05, 4.69) is 50.6 Å². The molecule has 0 saturated carbocycles. The number of rotatable bonds is 8. The number of morpholine rings is 1. The van der Waals surface area contributed by atoms with Crippen LogP contribution in [0.3, 0.4) is 0 Å². The molecule has 2 aliphatic rings. The van der Waals surface area contributed by atoms with Gasteiger partial charge in [-0.05, 0) is 82.4 Å². The Kier molecular flexibility index (Phi) is 7.74. The number of likely N-dealkylation sites (tertiary alicyclic amines) is 1. The lowest BCUT2D eigenvalue weighted by Gasteiger charge is -2.33. The quantitative estimate of drug-likeness (QED) is 0.496. The molecule has 194 valence electrons. The number of hydrogen-bond donors (Lipinski definition) is 2. The SMILES string of the molecule is Cc1cc(C)c2nc(NC3CCN(CCCN4CCOCC4)CC3)n(Cc3nc(C)ccc3O)c2c1. The van der Waals surface area contributed by atoms with E-state index in [9.17, 15) is 5.11 Å². The largest absolute Gasteiger partial charge is 0.506 e. The minimum atomic E-state index is 0.225. The first kappa shape index (κ1) is 25.0. The Labute approximate surface area is 214 Å². The minimum absolute atomic E-state index is 0.225. The Morgan fingerprint density at radius 1 is 0.972 bits per heavy atom. The predicted octanol–water partition coefficient (Wildman–Crippen LogP) is 3.71. The fourth-order valence-electron chi connectivity index (χ4n) is 5.53. The molecule has 8 heteroatoms. The number of ether oxygens (including phenoxy) is 1. The van der Waals surface area contributed by atoms with Crippen LogP contribution in [0.2, 0.25) is 0 Å². The second-order valence-electron chi connectivity index (χ2n) is 10.5. The highest BCUT2D eigenvalue weighted by Gasteiger charge is 2.23. The van der Waals surface area contributed by atoms with Crippen molar-refractivity contribution in [2.45, 2.75) is 52.6 Å². The minimum Gasteiger partial charge on any atom is -0.506 e. The molecule has 0 bridgehead atoms. The Morgan fingerprint density at radius 2 is 1.69 bits per heavy atom. The average Bonchev–Trinajstić information content (AvgIpc) is 3.20. The molecule has 2 fully saturated rings. The smallest absolute Gasteiger partial charge is 0.204 e. The first-order chi connectivity index (χ1) is 17.5. The maximum absolute atomic E-state index is 10.5.